The largest absolute Gasteiger partial charge is 0.354 e. The van der Waals surface area contributed by atoms with Crippen LogP contribution in [0.25, 0.3) is 60.2 Å². The predicted octanol–water partition coefficient (Wildman–Crippen LogP) is 6.43. The van der Waals surface area contributed by atoms with Crippen molar-refractivity contribution in [3.63, 3.8) is 0 Å². The maximum atomic E-state index is 4.97. The summed E-state index contributed by atoms with van der Waals surface area (Å²) in [5.41, 5.74) is 6.72. The molecular weight excluding hydrogens is 342 g/mol. The highest BCUT2D eigenvalue weighted by molar-refractivity contribution is 6.26. The van der Waals surface area contributed by atoms with Crippen molar-refractivity contribution in [1.29, 1.82) is 0 Å². The molecule has 3 nitrogen and oxygen atoms in total. The van der Waals surface area contributed by atoms with Crippen LogP contribution in [0.1, 0.15) is 0 Å². The molecule has 0 fully saturated rings. The number of hydrogen-bond acceptors (Lipinski definition) is 1. The number of aromatic amines is 1. The number of fused-ring (bicyclic) bond motifs is 12. The third-order valence-corrected chi connectivity index (χ3v) is 5.90. The van der Waals surface area contributed by atoms with Crippen LogP contribution in [-0.4, -0.2) is 14.4 Å². The van der Waals surface area contributed by atoms with Crippen molar-refractivity contribution >= 4 is 60.2 Å². The molecule has 3 heteroatoms. The molecular formula is C25H15N3. The first-order valence-electron chi connectivity index (χ1n) is 9.51. The van der Waals surface area contributed by atoms with Crippen LogP contribution in [0, 0.1) is 0 Å². The average Bonchev–Trinajstić information content (AvgIpc) is 3.32. The molecule has 28 heavy (non-hydrogen) atoms. The van der Waals surface area contributed by atoms with Crippen LogP contribution in [0.15, 0.2) is 84.9 Å². The summed E-state index contributed by atoms with van der Waals surface area (Å²) >= 11 is 0. The van der Waals surface area contributed by atoms with Crippen molar-refractivity contribution in [2.75, 3.05) is 0 Å². The minimum Gasteiger partial charge on any atom is -0.354 e. The third kappa shape index (κ3) is 1.62. The normalized spacial score (nSPS) is 12.3. The van der Waals surface area contributed by atoms with Gasteiger partial charge in [-0.1, -0.05) is 60.7 Å². The minimum absolute atomic E-state index is 1.01. The molecule has 0 bridgehead atoms. The number of hydrogen-bond donors (Lipinski definition) is 1. The molecule has 3 heterocycles. The van der Waals surface area contributed by atoms with Crippen molar-refractivity contribution in [3.05, 3.63) is 84.9 Å². The lowest BCUT2D eigenvalue weighted by Gasteiger charge is -2.10. The van der Waals surface area contributed by atoms with Gasteiger partial charge < -0.3 is 4.98 Å². The highest BCUT2D eigenvalue weighted by Gasteiger charge is 2.16. The first-order chi connectivity index (χ1) is 13.9. The number of aromatic nitrogens is 3. The lowest BCUT2D eigenvalue weighted by molar-refractivity contribution is 1.32. The summed E-state index contributed by atoms with van der Waals surface area (Å²) in [5.74, 6) is 0. The summed E-state index contributed by atoms with van der Waals surface area (Å²) in [5, 5.41) is 6.19. The van der Waals surface area contributed by atoms with E-state index < -0.39 is 0 Å². The monoisotopic (exact) mass is 357 g/mol. The smallest absolute Gasteiger partial charge is 0.146 e. The van der Waals surface area contributed by atoms with Crippen LogP contribution in [0.4, 0.5) is 0 Å². The van der Waals surface area contributed by atoms with E-state index in [0.29, 0.717) is 0 Å². The maximum absolute atomic E-state index is 4.97. The number of benzene rings is 4. The topological polar surface area (TPSA) is 33.1 Å². The van der Waals surface area contributed by atoms with Gasteiger partial charge in [-0.3, -0.25) is 4.40 Å². The molecule has 7 rings (SSSR count). The fraction of sp³-hybridized carbons (Fsp3) is 0. The molecule has 0 amide bonds. The van der Waals surface area contributed by atoms with Gasteiger partial charge in [-0.2, -0.15) is 0 Å². The highest BCUT2D eigenvalue weighted by Crippen LogP contribution is 2.38. The zero-order valence-electron chi connectivity index (χ0n) is 15.0. The summed E-state index contributed by atoms with van der Waals surface area (Å²) in [4.78, 5) is 8.65. The van der Waals surface area contributed by atoms with Gasteiger partial charge in [-0.05, 0) is 29.7 Å². The van der Waals surface area contributed by atoms with Gasteiger partial charge in [-0.15, -0.1) is 0 Å². The number of nitrogens with one attached hydrogen (secondary N) is 1. The van der Waals surface area contributed by atoms with E-state index in [9.17, 15) is 0 Å². The summed E-state index contributed by atoms with van der Waals surface area (Å²) < 4.78 is 2.30. The number of rotatable bonds is 0. The standard InChI is InChI=1S/C25H15N3/c1-2-9-18-16(8-1)23-22(28-21-12-6-5-11-20(21)27-25(18)28)14-13-17-15-7-3-4-10-19(15)26-24(17)23/h1-14,26H. The molecule has 0 saturated heterocycles. The van der Waals surface area contributed by atoms with Gasteiger partial charge in [0.15, 0.2) is 0 Å². The molecule has 4 aromatic carbocycles. The van der Waals surface area contributed by atoms with Crippen molar-refractivity contribution < 1.29 is 0 Å². The Bertz CT molecular complexity index is 1720. The predicted molar refractivity (Wildman–Crippen MR) is 117 cm³/mol. The van der Waals surface area contributed by atoms with Crippen molar-refractivity contribution in [2.45, 2.75) is 0 Å². The van der Waals surface area contributed by atoms with Crippen LogP contribution in [-0.2, 0) is 0 Å². The van der Waals surface area contributed by atoms with Crippen LogP contribution in [0.5, 0.6) is 0 Å². The number of nitrogens with zero attached hydrogens (tertiary/aromatic N) is 2. The van der Waals surface area contributed by atoms with Crippen LogP contribution >= 0.6 is 0 Å². The Balaban J connectivity index is 1.88. The van der Waals surface area contributed by atoms with Crippen molar-refractivity contribution in [1.82, 2.24) is 14.4 Å². The van der Waals surface area contributed by atoms with E-state index in [4.69, 9.17) is 4.98 Å². The zero-order valence-corrected chi connectivity index (χ0v) is 15.0. The van der Waals surface area contributed by atoms with E-state index in [2.05, 4.69) is 94.3 Å². The Morgan fingerprint density at radius 1 is 0.607 bits per heavy atom. The summed E-state index contributed by atoms with van der Waals surface area (Å²) in [7, 11) is 0. The Hall–Kier alpha value is -3.85. The Kier molecular flexibility index (Phi) is 2.49. The lowest BCUT2D eigenvalue weighted by Crippen LogP contribution is -1.92. The number of H-pyrrole nitrogens is 1. The third-order valence-electron chi connectivity index (χ3n) is 5.90. The van der Waals surface area contributed by atoms with Crippen molar-refractivity contribution in [3.8, 4) is 0 Å². The van der Waals surface area contributed by atoms with E-state index in [1.165, 1.54) is 43.5 Å². The SMILES string of the molecule is c1ccc2c(c1)nc1c3ccccc3c3c4[nH]c5ccccc5c4ccc3n21. The van der Waals surface area contributed by atoms with E-state index in [1.807, 2.05) is 0 Å². The van der Waals surface area contributed by atoms with Crippen molar-refractivity contribution in [2.24, 2.45) is 0 Å². The second-order valence-electron chi connectivity index (χ2n) is 7.36. The summed E-state index contributed by atoms with van der Waals surface area (Å²) in [6.07, 6.45) is 0. The summed E-state index contributed by atoms with van der Waals surface area (Å²) in [6, 6.07) is 30.0. The fourth-order valence-electron chi connectivity index (χ4n) is 4.71. The Morgan fingerprint density at radius 2 is 1.36 bits per heavy atom. The fourth-order valence-corrected chi connectivity index (χ4v) is 4.71. The van der Waals surface area contributed by atoms with Crippen LogP contribution in [0.2, 0.25) is 0 Å². The van der Waals surface area contributed by atoms with E-state index in [0.717, 1.165) is 16.7 Å². The molecule has 1 N–H and O–H groups in total. The van der Waals surface area contributed by atoms with Gasteiger partial charge in [0.05, 0.1) is 22.1 Å². The Labute approximate surface area is 159 Å². The zero-order chi connectivity index (χ0) is 18.2. The molecule has 7 aromatic rings. The number of para-hydroxylation sites is 3. The molecule has 0 unspecified atom stereocenters. The van der Waals surface area contributed by atoms with Gasteiger partial charge >= 0.3 is 0 Å². The van der Waals surface area contributed by atoms with Crippen LogP contribution < -0.4 is 0 Å². The van der Waals surface area contributed by atoms with Crippen LogP contribution in [0.3, 0.4) is 0 Å². The second kappa shape index (κ2) is 4.90. The number of imidazole rings is 1. The summed E-state index contributed by atoms with van der Waals surface area (Å²) in [6.45, 7) is 0. The molecule has 0 spiro atoms. The highest BCUT2D eigenvalue weighted by atomic mass is 15.0. The Morgan fingerprint density at radius 3 is 2.29 bits per heavy atom. The van der Waals surface area contributed by atoms with E-state index in [-0.39, 0.29) is 0 Å². The first-order valence-corrected chi connectivity index (χ1v) is 9.51. The molecule has 3 aromatic heterocycles. The average molecular weight is 357 g/mol. The molecule has 0 aliphatic carbocycles. The van der Waals surface area contributed by atoms with E-state index in [1.54, 1.807) is 0 Å². The van der Waals surface area contributed by atoms with Gasteiger partial charge in [0.2, 0.25) is 0 Å². The lowest BCUT2D eigenvalue weighted by atomic mass is 10.0. The molecule has 0 atom stereocenters. The first kappa shape index (κ1) is 14.2. The van der Waals surface area contributed by atoms with Gasteiger partial charge in [0.25, 0.3) is 0 Å². The quantitative estimate of drug-likeness (QED) is 0.312. The molecule has 0 aliphatic heterocycles. The molecule has 0 aliphatic rings. The minimum atomic E-state index is 1.01. The molecule has 0 saturated carbocycles. The maximum Gasteiger partial charge on any atom is 0.146 e. The van der Waals surface area contributed by atoms with Gasteiger partial charge in [0, 0.05) is 27.1 Å². The van der Waals surface area contributed by atoms with Gasteiger partial charge in [0.1, 0.15) is 5.65 Å². The van der Waals surface area contributed by atoms with E-state index >= 15 is 0 Å². The second-order valence-corrected chi connectivity index (χ2v) is 7.36. The molecule has 0 radical (unpaired) electrons. The molecule has 130 valence electrons. The number of pyridine rings is 1. The van der Waals surface area contributed by atoms with Gasteiger partial charge in [-0.25, -0.2) is 4.98 Å².